The first-order chi connectivity index (χ1) is 6.35. The van der Waals surface area contributed by atoms with Crippen molar-refractivity contribution in [3.8, 4) is 0 Å². The summed E-state index contributed by atoms with van der Waals surface area (Å²) in [5, 5.41) is 0. The Balaban J connectivity index is 3.05. The van der Waals surface area contributed by atoms with Crippen molar-refractivity contribution in [2.75, 3.05) is 20.0 Å². The molecule has 0 aliphatic heterocycles. The van der Waals surface area contributed by atoms with Crippen LogP contribution in [0.15, 0.2) is 0 Å². The number of unbranched alkanes of at least 4 members (excludes halogenated alkanes) is 3. The first-order valence-electron chi connectivity index (χ1n) is 5.01. The maximum atomic E-state index is 5.15. The minimum Gasteiger partial charge on any atom is -0.360 e. The predicted octanol–water partition coefficient (Wildman–Crippen LogP) is 1.64. The Labute approximate surface area is 89.6 Å². The molecule has 0 spiro atoms. The predicted molar refractivity (Wildman–Crippen MR) is 63.5 cm³/mol. The Morgan fingerprint density at radius 3 is 2.23 bits per heavy atom. The van der Waals surface area contributed by atoms with Crippen LogP contribution in [0.2, 0.25) is 6.04 Å². The zero-order valence-electron chi connectivity index (χ0n) is 8.79. The fourth-order valence-corrected chi connectivity index (χ4v) is 2.96. The maximum Gasteiger partial charge on any atom is 0.134 e. The van der Waals surface area contributed by atoms with Gasteiger partial charge in [-0.05, 0) is 12.2 Å². The lowest BCUT2D eigenvalue weighted by Gasteiger charge is -2.11. The van der Waals surface area contributed by atoms with Crippen molar-refractivity contribution in [3.63, 3.8) is 0 Å². The second-order valence-corrected chi connectivity index (χ2v) is 5.58. The van der Waals surface area contributed by atoms with Gasteiger partial charge in [-0.25, -0.2) is 0 Å². The largest absolute Gasteiger partial charge is 0.360 e. The molecule has 4 heteroatoms. The molecule has 13 heavy (non-hydrogen) atoms. The third kappa shape index (κ3) is 8.81. The molecule has 0 saturated carbocycles. The fourth-order valence-electron chi connectivity index (χ4n) is 1.29. The average molecular weight is 222 g/mol. The molecule has 0 aliphatic carbocycles. The van der Waals surface area contributed by atoms with Crippen molar-refractivity contribution in [1.82, 2.24) is 0 Å². The molecule has 0 fully saturated rings. The highest BCUT2D eigenvalue weighted by Gasteiger charge is 2.04. The molecule has 0 aliphatic rings. The molecular weight excluding hydrogens is 200 g/mol. The van der Waals surface area contributed by atoms with E-state index in [2.05, 4.69) is 12.6 Å². The van der Waals surface area contributed by atoms with Gasteiger partial charge in [0.25, 0.3) is 0 Å². The standard InChI is InChI=1S/C9H22O2SSi/c1-10-9(11-2)13-8-6-4-3-5-7-12/h9,12H,3-8,13H2,1-2H3. The van der Waals surface area contributed by atoms with Gasteiger partial charge < -0.3 is 9.47 Å². The van der Waals surface area contributed by atoms with E-state index in [0.29, 0.717) is 0 Å². The third-order valence-corrected chi connectivity index (χ3v) is 4.49. The normalized spacial score (nSPS) is 12.0. The molecule has 0 bridgehead atoms. The number of thiol groups is 1. The van der Waals surface area contributed by atoms with Gasteiger partial charge in [0.15, 0.2) is 0 Å². The molecule has 0 heterocycles. The first-order valence-corrected chi connectivity index (χ1v) is 7.46. The number of ether oxygens (including phenoxy) is 2. The summed E-state index contributed by atoms with van der Waals surface area (Å²) in [5.74, 6) is 1.15. The molecule has 0 atom stereocenters. The lowest BCUT2D eigenvalue weighted by atomic mass is 10.2. The smallest absolute Gasteiger partial charge is 0.134 e. The maximum absolute atomic E-state index is 5.15. The fraction of sp³-hybridized carbons (Fsp3) is 1.00. The van der Waals surface area contributed by atoms with Crippen LogP contribution in [0.5, 0.6) is 0 Å². The Bertz CT molecular complexity index is 99.6. The molecule has 0 aromatic carbocycles. The second-order valence-electron chi connectivity index (χ2n) is 3.18. The lowest BCUT2D eigenvalue weighted by Crippen LogP contribution is -2.20. The van der Waals surface area contributed by atoms with E-state index in [1.165, 1.54) is 31.7 Å². The quantitative estimate of drug-likeness (QED) is 0.277. The van der Waals surface area contributed by atoms with E-state index in [9.17, 15) is 0 Å². The molecule has 0 saturated heterocycles. The van der Waals surface area contributed by atoms with Gasteiger partial charge in [-0.15, -0.1) is 0 Å². The van der Waals surface area contributed by atoms with Gasteiger partial charge in [-0.2, -0.15) is 12.6 Å². The highest BCUT2D eigenvalue weighted by Crippen LogP contribution is 2.05. The highest BCUT2D eigenvalue weighted by molar-refractivity contribution is 7.80. The zero-order chi connectivity index (χ0) is 9.94. The molecule has 2 nitrogen and oxygen atoms in total. The molecule has 0 amide bonds. The van der Waals surface area contributed by atoms with Crippen LogP contribution in [0.3, 0.4) is 0 Å². The molecule has 0 aromatic rings. The van der Waals surface area contributed by atoms with Crippen molar-refractivity contribution in [1.29, 1.82) is 0 Å². The summed E-state index contributed by atoms with van der Waals surface area (Å²) in [6.45, 7) is 0. The van der Waals surface area contributed by atoms with Crippen molar-refractivity contribution < 1.29 is 9.47 Å². The summed E-state index contributed by atoms with van der Waals surface area (Å²) in [6, 6.07) is 1.33. The van der Waals surface area contributed by atoms with Gasteiger partial charge in [0, 0.05) is 14.2 Å². The van der Waals surface area contributed by atoms with Gasteiger partial charge >= 0.3 is 0 Å². The monoisotopic (exact) mass is 222 g/mol. The molecule has 0 aromatic heterocycles. The van der Waals surface area contributed by atoms with Crippen LogP contribution in [0.1, 0.15) is 25.7 Å². The van der Waals surface area contributed by atoms with E-state index in [1.54, 1.807) is 14.2 Å². The van der Waals surface area contributed by atoms with Gasteiger partial charge in [-0.1, -0.05) is 25.3 Å². The molecule has 0 N–H and O–H groups in total. The van der Waals surface area contributed by atoms with Crippen LogP contribution < -0.4 is 0 Å². The van der Waals surface area contributed by atoms with Crippen LogP contribution in [0, 0.1) is 0 Å². The van der Waals surface area contributed by atoms with E-state index >= 15 is 0 Å². The van der Waals surface area contributed by atoms with E-state index in [4.69, 9.17) is 9.47 Å². The number of rotatable bonds is 9. The second kappa shape index (κ2) is 10.6. The van der Waals surface area contributed by atoms with Crippen molar-refractivity contribution in [2.45, 2.75) is 37.6 Å². The Morgan fingerprint density at radius 2 is 1.69 bits per heavy atom. The Hall–Kier alpha value is 0.487. The van der Waals surface area contributed by atoms with E-state index < -0.39 is 0 Å². The molecule has 0 unspecified atom stereocenters. The third-order valence-electron chi connectivity index (χ3n) is 2.12. The molecule has 0 radical (unpaired) electrons. The van der Waals surface area contributed by atoms with Crippen LogP contribution >= 0.6 is 12.6 Å². The van der Waals surface area contributed by atoms with Crippen LogP contribution in [0.4, 0.5) is 0 Å². The van der Waals surface area contributed by atoms with Crippen molar-refractivity contribution in [3.05, 3.63) is 0 Å². The highest BCUT2D eigenvalue weighted by atomic mass is 32.1. The molecule has 80 valence electrons. The van der Waals surface area contributed by atoms with E-state index in [0.717, 1.165) is 5.75 Å². The SMILES string of the molecule is COC(OC)[SiH2]CCCCCCS. The zero-order valence-corrected chi connectivity index (χ0v) is 11.1. The van der Waals surface area contributed by atoms with Gasteiger partial charge in [0.2, 0.25) is 0 Å². The summed E-state index contributed by atoms with van der Waals surface area (Å²) in [6.07, 6.45) is 5.25. The summed E-state index contributed by atoms with van der Waals surface area (Å²) >= 11 is 4.18. The average Bonchev–Trinajstić information content (AvgIpc) is 2.17. The lowest BCUT2D eigenvalue weighted by molar-refractivity contribution is -0.0441. The van der Waals surface area contributed by atoms with Gasteiger partial charge in [0.05, 0.1) is 9.52 Å². The summed E-state index contributed by atoms with van der Waals surface area (Å²) in [7, 11) is 3.28. The van der Waals surface area contributed by atoms with E-state index in [-0.39, 0.29) is 15.4 Å². The van der Waals surface area contributed by atoms with Crippen molar-refractivity contribution >= 4 is 22.1 Å². The summed E-state index contributed by atoms with van der Waals surface area (Å²) in [5.41, 5.74) is 0. The topological polar surface area (TPSA) is 18.5 Å². The van der Waals surface area contributed by atoms with Gasteiger partial charge in [-0.3, -0.25) is 0 Å². The minimum absolute atomic E-state index is 0.130. The Kier molecular flexibility index (Phi) is 11.0. The molecular formula is C9H22O2SSi. The van der Waals surface area contributed by atoms with Crippen LogP contribution in [-0.2, 0) is 9.47 Å². The van der Waals surface area contributed by atoms with Gasteiger partial charge in [0.1, 0.15) is 5.91 Å². The summed E-state index contributed by atoms with van der Waals surface area (Å²) in [4.78, 5) is 0. The molecule has 0 rings (SSSR count). The number of hydrogen-bond acceptors (Lipinski definition) is 3. The summed E-state index contributed by atoms with van der Waals surface area (Å²) < 4.78 is 10.3. The number of methoxy groups -OCH3 is 2. The van der Waals surface area contributed by atoms with Crippen molar-refractivity contribution in [2.24, 2.45) is 0 Å². The van der Waals surface area contributed by atoms with Crippen LogP contribution in [0.25, 0.3) is 0 Å². The Morgan fingerprint density at radius 1 is 1.08 bits per heavy atom. The minimum atomic E-state index is -0.173. The van der Waals surface area contributed by atoms with E-state index in [1.807, 2.05) is 0 Å². The number of hydrogen-bond donors (Lipinski definition) is 1. The first kappa shape index (κ1) is 13.5. The van der Waals surface area contributed by atoms with Crippen LogP contribution in [-0.4, -0.2) is 35.4 Å².